The van der Waals surface area contributed by atoms with E-state index in [0.29, 0.717) is 11.3 Å². The van der Waals surface area contributed by atoms with Crippen LogP contribution in [0.4, 0.5) is 5.69 Å². The number of nitrogens with one attached hydrogen (secondary N) is 1. The van der Waals surface area contributed by atoms with Gasteiger partial charge in [0.2, 0.25) is 5.91 Å². The summed E-state index contributed by atoms with van der Waals surface area (Å²) < 4.78 is 0. The maximum absolute atomic E-state index is 10.9. The molecule has 0 radical (unpaired) electrons. The molecule has 92 valence electrons. The smallest absolute Gasteiger partial charge is 0.221 e. The van der Waals surface area contributed by atoms with Gasteiger partial charge in [-0.1, -0.05) is 0 Å². The van der Waals surface area contributed by atoms with E-state index < -0.39 is 0 Å². The summed E-state index contributed by atoms with van der Waals surface area (Å²) in [5, 5.41) is 3.41. The van der Waals surface area contributed by atoms with Gasteiger partial charge in [-0.15, -0.1) is 11.8 Å². The molecule has 1 saturated carbocycles. The highest BCUT2D eigenvalue weighted by Crippen LogP contribution is 2.34. The Morgan fingerprint density at radius 1 is 1.35 bits per heavy atom. The van der Waals surface area contributed by atoms with Crippen molar-refractivity contribution >= 4 is 23.4 Å². The third-order valence-electron chi connectivity index (χ3n) is 2.90. The molecule has 2 atom stereocenters. The van der Waals surface area contributed by atoms with Crippen molar-refractivity contribution in [3.8, 4) is 0 Å². The van der Waals surface area contributed by atoms with E-state index in [4.69, 9.17) is 5.73 Å². The van der Waals surface area contributed by atoms with Gasteiger partial charge in [-0.2, -0.15) is 0 Å². The Morgan fingerprint density at radius 3 is 2.59 bits per heavy atom. The first-order valence-electron chi connectivity index (χ1n) is 5.93. The molecule has 0 aromatic heterocycles. The van der Waals surface area contributed by atoms with Crippen molar-refractivity contribution in [3.63, 3.8) is 0 Å². The van der Waals surface area contributed by atoms with Gasteiger partial charge in [-0.05, 0) is 43.5 Å². The Balaban J connectivity index is 1.91. The summed E-state index contributed by atoms with van der Waals surface area (Å²) in [6.45, 7) is 1.52. The van der Waals surface area contributed by atoms with Crippen molar-refractivity contribution in [2.45, 2.75) is 42.4 Å². The van der Waals surface area contributed by atoms with Gasteiger partial charge in [0.1, 0.15) is 0 Å². The molecule has 4 heteroatoms. The second kappa shape index (κ2) is 5.56. The lowest BCUT2D eigenvalue weighted by Crippen LogP contribution is -2.15. The molecule has 1 fully saturated rings. The van der Waals surface area contributed by atoms with Gasteiger partial charge in [-0.25, -0.2) is 0 Å². The fourth-order valence-electron chi connectivity index (χ4n) is 2.09. The Morgan fingerprint density at radius 2 is 2.06 bits per heavy atom. The highest BCUT2D eigenvalue weighted by Gasteiger charge is 2.22. The molecule has 1 aliphatic rings. The van der Waals surface area contributed by atoms with E-state index in [1.807, 2.05) is 23.9 Å². The lowest BCUT2D eigenvalue weighted by atomic mass is 10.3. The van der Waals surface area contributed by atoms with Gasteiger partial charge in [0.25, 0.3) is 0 Å². The zero-order valence-electron chi connectivity index (χ0n) is 9.98. The number of thioether (sulfide) groups is 1. The average molecular weight is 250 g/mol. The monoisotopic (exact) mass is 250 g/mol. The zero-order chi connectivity index (χ0) is 12.3. The number of hydrogen-bond acceptors (Lipinski definition) is 3. The molecule has 0 aliphatic heterocycles. The summed E-state index contributed by atoms with van der Waals surface area (Å²) in [7, 11) is 0. The highest BCUT2D eigenvalue weighted by atomic mass is 32.2. The fourth-order valence-corrected chi connectivity index (χ4v) is 3.37. The first-order chi connectivity index (χ1) is 8.13. The molecular weight excluding hydrogens is 232 g/mol. The number of carbonyl (C=O) groups excluding carboxylic acids is 1. The van der Waals surface area contributed by atoms with Crippen LogP contribution in [0, 0.1) is 0 Å². The van der Waals surface area contributed by atoms with Crippen LogP contribution < -0.4 is 11.1 Å². The van der Waals surface area contributed by atoms with Crippen molar-refractivity contribution in [1.29, 1.82) is 0 Å². The predicted molar refractivity (Wildman–Crippen MR) is 72.2 cm³/mol. The molecule has 0 bridgehead atoms. The molecule has 1 amide bonds. The SMILES string of the molecule is CC(=O)Nc1ccc(SC2CCC(N)C2)cc1. The van der Waals surface area contributed by atoms with Gasteiger partial charge in [0.05, 0.1) is 0 Å². The Bertz CT molecular complexity index is 391. The molecule has 3 N–H and O–H groups in total. The molecule has 1 aromatic carbocycles. The number of rotatable bonds is 3. The van der Waals surface area contributed by atoms with E-state index >= 15 is 0 Å². The number of carbonyl (C=O) groups is 1. The van der Waals surface area contributed by atoms with Crippen molar-refractivity contribution in [1.82, 2.24) is 0 Å². The van der Waals surface area contributed by atoms with E-state index in [1.54, 1.807) is 0 Å². The molecule has 0 spiro atoms. The largest absolute Gasteiger partial charge is 0.328 e. The first kappa shape index (κ1) is 12.5. The van der Waals surface area contributed by atoms with Crippen LogP contribution >= 0.6 is 11.8 Å². The molecule has 2 unspecified atom stereocenters. The summed E-state index contributed by atoms with van der Waals surface area (Å²) in [6.07, 6.45) is 3.46. The van der Waals surface area contributed by atoms with Crippen LogP contribution in [0.5, 0.6) is 0 Å². The molecular formula is C13H18N2OS. The van der Waals surface area contributed by atoms with Crippen molar-refractivity contribution < 1.29 is 4.79 Å². The number of nitrogens with two attached hydrogens (primary N) is 1. The fraction of sp³-hybridized carbons (Fsp3) is 0.462. The molecule has 0 saturated heterocycles. The van der Waals surface area contributed by atoms with Gasteiger partial charge in [0.15, 0.2) is 0 Å². The van der Waals surface area contributed by atoms with Gasteiger partial charge >= 0.3 is 0 Å². The molecule has 17 heavy (non-hydrogen) atoms. The number of hydrogen-bond donors (Lipinski definition) is 2. The zero-order valence-corrected chi connectivity index (χ0v) is 10.8. The average Bonchev–Trinajstić information content (AvgIpc) is 2.66. The van der Waals surface area contributed by atoms with E-state index in [0.717, 1.165) is 18.5 Å². The van der Waals surface area contributed by atoms with Crippen molar-refractivity contribution in [2.24, 2.45) is 5.73 Å². The number of anilines is 1. The van der Waals surface area contributed by atoms with E-state index in [-0.39, 0.29) is 5.91 Å². The van der Waals surface area contributed by atoms with E-state index in [9.17, 15) is 4.79 Å². The normalized spacial score (nSPS) is 23.6. The van der Waals surface area contributed by atoms with Crippen LogP contribution in [0.1, 0.15) is 26.2 Å². The summed E-state index contributed by atoms with van der Waals surface area (Å²) in [4.78, 5) is 12.1. The standard InChI is InChI=1S/C13H18N2OS/c1-9(16)15-11-3-6-12(7-4-11)17-13-5-2-10(14)8-13/h3-4,6-7,10,13H,2,5,8,14H2,1H3,(H,15,16). The van der Waals surface area contributed by atoms with Crippen LogP contribution in [0.15, 0.2) is 29.2 Å². The van der Waals surface area contributed by atoms with E-state index in [1.165, 1.54) is 18.2 Å². The highest BCUT2D eigenvalue weighted by molar-refractivity contribution is 8.00. The number of benzene rings is 1. The molecule has 3 nitrogen and oxygen atoms in total. The first-order valence-corrected chi connectivity index (χ1v) is 6.81. The van der Waals surface area contributed by atoms with E-state index in [2.05, 4.69) is 17.4 Å². The van der Waals surface area contributed by atoms with Crippen molar-refractivity contribution in [2.75, 3.05) is 5.32 Å². The molecule has 2 rings (SSSR count). The third-order valence-corrected chi connectivity index (χ3v) is 4.21. The van der Waals surface area contributed by atoms with Crippen LogP contribution in [0.25, 0.3) is 0 Å². The quantitative estimate of drug-likeness (QED) is 0.867. The van der Waals surface area contributed by atoms with Gasteiger partial charge in [0, 0.05) is 28.8 Å². The summed E-state index contributed by atoms with van der Waals surface area (Å²) >= 11 is 1.89. The van der Waals surface area contributed by atoms with Crippen LogP contribution in [-0.2, 0) is 4.79 Å². The van der Waals surface area contributed by atoms with Gasteiger partial charge < -0.3 is 11.1 Å². The predicted octanol–water partition coefficient (Wildman–Crippen LogP) is 2.62. The Labute approximate surface area is 106 Å². The lowest BCUT2D eigenvalue weighted by Gasteiger charge is -2.09. The minimum Gasteiger partial charge on any atom is -0.328 e. The minimum atomic E-state index is -0.0350. The summed E-state index contributed by atoms with van der Waals surface area (Å²) in [5.41, 5.74) is 6.75. The second-order valence-corrected chi connectivity index (χ2v) is 5.89. The second-order valence-electron chi connectivity index (χ2n) is 4.52. The van der Waals surface area contributed by atoms with Gasteiger partial charge in [-0.3, -0.25) is 4.79 Å². The topological polar surface area (TPSA) is 55.1 Å². The summed E-state index contributed by atoms with van der Waals surface area (Å²) in [6, 6.07) is 8.38. The maximum atomic E-state index is 10.9. The number of amides is 1. The van der Waals surface area contributed by atoms with Crippen LogP contribution in [-0.4, -0.2) is 17.2 Å². The third kappa shape index (κ3) is 3.75. The lowest BCUT2D eigenvalue weighted by molar-refractivity contribution is -0.114. The minimum absolute atomic E-state index is 0.0350. The summed E-state index contributed by atoms with van der Waals surface area (Å²) in [5.74, 6) is -0.0350. The molecule has 0 heterocycles. The Hall–Kier alpha value is -1.00. The maximum Gasteiger partial charge on any atom is 0.221 e. The van der Waals surface area contributed by atoms with Crippen LogP contribution in [0.3, 0.4) is 0 Å². The van der Waals surface area contributed by atoms with Crippen molar-refractivity contribution in [3.05, 3.63) is 24.3 Å². The molecule has 1 aromatic rings. The van der Waals surface area contributed by atoms with Crippen LogP contribution in [0.2, 0.25) is 0 Å². The molecule has 1 aliphatic carbocycles. The Kier molecular flexibility index (Phi) is 4.07.